The molecule has 0 spiro atoms. The molecule has 0 fully saturated rings. The van der Waals surface area contributed by atoms with Crippen LogP contribution < -0.4 is 0 Å². The maximum Gasteiger partial charge on any atom is 0.142 e. The zero-order valence-corrected chi connectivity index (χ0v) is 8.28. The van der Waals surface area contributed by atoms with Crippen LogP contribution in [0, 0.1) is 0 Å². The third-order valence-electron chi connectivity index (χ3n) is 1.63. The molecule has 0 heterocycles. The molecular weight excluding hydrogens is 160 g/mol. The van der Waals surface area contributed by atoms with E-state index in [1.54, 1.807) is 6.08 Å². The van der Waals surface area contributed by atoms with Crippen molar-refractivity contribution in [1.82, 2.24) is 0 Å². The Labute approximate surface area is 80.8 Å². The Morgan fingerprint density at radius 2 is 1.62 bits per heavy atom. The van der Waals surface area contributed by atoms with Crippen LogP contribution in [0.5, 0.6) is 0 Å². The zero-order valence-electron chi connectivity index (χ0n) is 8.28. The third kappa shape index (κ3) is 10.9. The van der Waals surface area contributed by atoms with Crippen molar-refractivity contribution in [3.8, 4) is 0 Å². The van der Waals surface area contributed by atoms with E-state index in [1.807, 2.05) is 18.2 Å². The summed E-state index contributed by atoms with van der Waals surface area (Å²) in [7, 11) is 0. The van der Waals surface area contributed by atoms with Crippen molar-refractivity contribution in [2.24, 2.45) is 0 Å². The largest absolute Gasteiger partial charge is 0.299 e. The fourth-order valence-electron chi connectivity index (χ4n) is 0.925. The summed E-state index contributed by atoms with van der Waals surface area (Å²) in [6.07, 6.45) is 16.9. The Bertz CT molecular complexity index is 187. The maximum absolute atomic E-state index is 9.87. The zero-order chi connectivity index (χ0) is 9.78. The van der Waals surface area contributed by atoms with E-state index in [-0.39, 0.29) is 0 Å². The van der Waals surface area contributed by atoms with Gasteiger partial charge in [0.2, 0.25) is 0 Å². The summed E-state index contributed by atoms with van der Waals surface area (Å²) in [6, 6.07) is 0. The minimum absolute atomic E-state index is 0.773. The van der Waals surface area contributed by atoms with Crippen LogP contribution in [0.4, 0.5) is 0 Å². The fourth-order valence-corrected chi connectivity index (χ4v) is 0.925. The fraction of sp³-hybridized carbons (Fsp3) is 0.417. The number of carbonyl (C=O) groups excluding carboxylic acids is 1. The van der Waals surface area contributed by atoms with Crippen molar-refractivity contribution in [2.75, 3.05) is 0 Å². The molecule has 0 aromatic carbocycles. The highest BCUT2D eigenvalue weighted by Gasteiger charge is 1.79. The van der Waals surface area contributed by atoms with Gasteiger partial charge in [0.1, 0.15) is 6.29 Å². The van der Waals surface area contributed by atoms with E-state index in [0.717, 1.165) is 12.7 Å². The summed E-state index contributed by atoms with van der Waals surface area (Å²) in [5.74, 6) is 0. The molecule has 0 rings (SSSR count). The summed E-state index contributed by atoms with van der Waals surface area (Å²) in [4.78, 5) is 9.87. The van der Waals surface area contributed by atoms with Crippen molar-refractivity contribution in [2.45, 2.75) is 32.6 Å². The molecule has 0 aromatic heterocycles. The maximum atomic E-state index is 9.87. The van der Waals surface area contributed by atoms with Crippen molar-refractivity contribution < 1.29 is 4.79 Å². The van der Waals surface area contributed by atoms with Crippen LogP contribution in [0.25, 0.3) is 0 Å². The Balaban J connectivity index is 3.34. The Kier molecular flexibility index (Phi) is 9.96. The molecule has 1 heteroatoms. The average Bonchev–Trinajstić information content (AvgIpc) is 2.16. The molecule has 0 bridgehead atoms. The quantitative estimate of drug-likeness (QED) is 0.252. The van der Waals surface area contributed by atoms with Crippen LogP contribution in [0.3, 0.4) is 0 Å². The molecule has 0 N–H and O–H groups in total. The predicted molar refractivity (Wildman–Crippen MR) is 57.6 cm³/mol. The lowest BCUT2D eigenvalue weighted by atomic mass is 10.2. The molecule has 1 nitrogen and oxygen atoms in total. The number of carbonyl (C=O) groups is 1. The van der Waals surface area contributed by atoms with Crippen LogP contribution >= 0.6 is 0 Å². The molecule has 0 amide bonds. The lowest BCUT2D eigenvalue weighted by molar-refractivity contribution is -0.104. The molecule has 13 heavy (non-hydrogen) atoms. The molecule has 0 atom stereocenters. The Morgan fingerprint density at radius 1 is 0.923 bits per heavy atom. The summed E-state index contributed by atoms with van der Waals surface area (Å²) in [6.45, 7) is 2.20. The van der Waals surface area contributed by atoms with Crippen molar-refractivity contribution in [3.05, 3.63) is 36.5 Å². The van der Waals surface area contributed by atoms with E-state index in [2.05, 4.69) is 13.0 Å². The molecular formula is C12H18O. The van der Waals surface area contributed by atoms with E-state index in [0.29, 0.717) is 0 Å². The van der Waals surface area contributed by atoms with Crippen LogP contribution in [-0.4, -0.2) is 6.29 Å². The average molecular weight is 178 g/mol. The first-order valence-corrected chi connectivity index (χ1v) is 4.85. The summed E-state index contributed by atoms with van der Waals surface area (Å²) in [5, 5.41) is 0. The van der Waals surface area contributed by atoms with E-state index >= 15 is 0 Å². The molecule has 0 saturated heterocycles. The first-order valence-electron chi connectivity index (χ1n) is 4.85. The second-order valence-electron chi connectivity index (χ2n) is 2.83. The monoisotopic (exact) mass is 178 g/mol. The van der Waals surface area contributed by atoms with Gasteiger partial charge in [-0.3, -0.25) is 4.79 Å². The third-order valence-corrected chi connectivity index (χ3v) is 1.63. The molecule has 72 valence electrons. The van der Waals surface area contributed by atoms with Gasteiger partial charge < -0.3 is 0 Å². The summed E-state index contributed by atoms with van der Waals surface area (Å²) in [5.41, 5.74) is 0. The summed E-state index contributed by atoms with van der Waals surface area (Å²) >= 11 is 0. The van der Waals surface area contributed by atoms with Gasteiger partial charge in [0, 0.05) is 0 Å². The smallest absolute Gasteiger partial charge is 0.142 e. The van der Waals surface area contributed by atoms with Gasteiger partial charge in [-0.25, -0.2) is 0 Å². The number of aldehydes is 1. The van der Waals surface area contributed by atoms with E-state index in [4.69, 9.17) is 0 Å². The Morgan fingerprint density at radius 3 is 2.31 bits per heavy atom. The van der Waals surface area contributed by atoms with Gasteiger partial charge in [0.25, 0.3) is 0 Å². The van der Waals surface area contributed by atoms with E-state index in [9.17, 15) is 4.79 Å². The van der Waals surface area contributed by atoms with Gasteiger partial charge in [-0.05, 0) is 18.9 Å². The number of rotatable bonds is 7. The summed E-state index contributed by atoms with van der Waals surface area (Å²) < 4.78 is 0. The lowest BCUT2D eigenvalue weighted by Gasteiger charge is -1.89. The second kappa shape index (κ2) is 10.9. The highest BCUT2D eigenvalue weighted by molar-refractivity contribution is 5.65. The first-order chi connectivity index (χ1) is 6.41. The molecule has 0 aliphatic rings. The number of unbranched alkanes of at least 4 members (excludes halogenated alkanes) is 3. The number of allylic oxidation sites excluding steroid dienone is 6. The van der Waals surface area contributed by atoms with Gasteiger partial charge in [0.15, 0.2) is 0 Å². The van der Waals surface area contributed by atoms with Crippen LogP contribution in [0.1, 0.15) is 32.6 Å². The van der Waals surface area contributed by atoms with Gasteiger partial charge in [-0.15, -0.1) is 0 Å². The minimum Gasteiger partial charge on any atom is -0.299 e. The number of hydrogen-bond acceptors (Lipinski definition) is 1. The molecule has 0 unspecified atom stereocenters. The normalized spacial score (nSPS) is 12.1. The standard InChI is InChI=1S/C12H18O/c1-2-3-4-5-6-7-8-9-10-11-12-13/h6-12H,2-5H2,1H3. The van der Waals surface area contributed by atoms with Gasteiger partial charge in [-0.2, -0.15) is 0 Å². The Hall–Kier alpha value is -1.11. The molecule has 0 aliphatic heterocycles. The minimum atomic E-state index is 0.773. The van der Waals surface area contributed by atoms with Gasteiger partial charge in [-0.1, -0.05) is 50.1 Å². The predicted octanol–water partition coefficient (Wildman–Crippen LogP) is 3.43. The molecule has 0 aliphatic carbocycles. The number of hydrogen-bond donors (Lipinski definition) is 0. The highest BCUT2D eigenvalue weighted by atomic mass is 16.1. The molecule has 0 saturated carbocycles. The highest BCUT2D eigenvalue weighted by Crippen LogP contribution is 1.99. The van der Waals surface area contributed by atoms with Crippen LogP contribution in [0.2, 0.25) is 0 Å². The van der Waals surface area contributed by atoms with E-state index < -0.39 is 0 Å². The van der Waals surface area contributed by atoms with E-state index in [1.165, 1.54) is 25.3 Å². The van der Waals surface area contributed by atoms with Gasteiger partial charge >= 0.3 is 0 Å². The van der Waals surface area contributed by atoms with Crippen LogP contribution in [0.15, 0.2) is 36.5 Å². The van der Waals surface area contributed by atoms with Crippen molar-refractivity contribution in [3.63, 3.8) is 0 Å². The van der Waals surface area contributed by atoms with Crippen molar-refractivity contribution in [1.29, 1.82) is 0 Å². The molecule has 0 aromatic rings. The van der Waals surface area contributed by atoms with Gasteiger partial charge in [0.05, 0.1) is 0 Å². The second-order valence-corrected chi connectivity index (χ2v) is 2.83. The molecule has 0 radical (unpaired) electrons. The van der Waals surface area contributed by atoms with Crippen LogP contribution in [-0.2, 0) is 4.79 Å². The lowest BCUT2D eigenvalue weighted by Crippen LogP contribution is -1.69. The first kappa shape index (κ1) is 11.9. The topological polar surface area (TPSA) is 17.1 Å². The van der Waals surface area contributed by atoms with Crippen molar-refractivity contribution >= 4 is 6.29 Å². The SMILES string of the molecule is CCCCCC=CC=CC=CC=O.